The zero-order valence-corrected chi connectivity index (χ0v) is 15.1. The van der Waals surface area contributed by atoms with Gasteiger partial charge in [-0.2, -0.15) is 4.80 Å². The number of hydrogen-bond acceptors (Lipinski definition) is 8. The van der Waals surface area contributed by atoms with E-state index in [1.165, 1.54) is 16.1 Å². The minimum atomic E-state index is -0.385. The van der Waals surface area contributed by atoms with E-state index in [0.717, 1.165) is 10.2 Å². The van der Waals surface area contributed by atoms with Crippen molar-refractivity contribution in [2.45, 2.75) is 12.6 Å². The van der Waals surface area contributed by atoms with E-state index >= 15 is 0 Å². The van der Waals surface area contributed by atoms with Gasteiger partial charge < -0.3 is 14.4 Å². The van der Waals surface area contributed by atoms with Crippen LogP contribution in [0, 0.1) is 0 Å². The fourth-order valence-corrected chi connectivity index (χ4v) is 3.66. The van der Waals surface area contributed by atoms with Crippen molar-refractivity contribution in [3.8, 4) is 0 Å². The van der Waals surface area contributed by atoms with Crippen LogP contribution in [0.15, 0.2) is 23.7 Å². The number of carbonyl (C=O) groups excluding carboxylic acids is 1. The van der Waals surface area contributed by atoms with Gasteiger partial charge in [0, 0.05) is 13.7 Å². The summed E-state index contributed by atoms with van der Waals surface area (Å²) in [5, 5.41) is 12.4. The van der Waals surface area contributed by atoms with Crippen molar-refractivity contribution in [1.82, 2.24) is 30.1 Å². The van der Waals surface area contributed by atoms with Crippen LogP contribution >= 0.6 is 11.3 Å². The lowest BCUT2D eigenvalue weighted by Crippen LogP contribution is -2.42. The number of benzene rings is 1. The van der Waals surface area contributed by atoms with Crippen LogP contribution in [0.4, 0.5) is 0 Å². The van der Waals surface area contributed by atoms with E-state index in [4.69, 9.17) is 9.47 Å². The van der Waals surface area contributed by atoms with Crippen molar-refractivity contribution in [3.05, 3.63) is 35.1 Å². The second-order valence-corrected chi connectivity index (χ2v) is 6.71. The summed E-state index contributed by atoms with van der Waals surface area (Å²) in [6.07, 6.45) is -0.385. The minimum absolute atomic E-state index is 0.0278. The maximum atomic E-state index is 13.0. The summed E-state index contributed by atoms with van der Waals surface area (Å²) in [7, 11) is 1.62. The molecule has 136 valence electrons. The molecule has 4 rings (SSSR count). The maximum absolute atomic E-state index is 13.0. The highest BCUT2D eigenvalue weighted by Gasteiger charge is 2.29. The van der Waals surface area contributed by atoms with Crippen molar-refractivity contribution < 1.29 is 14.3 Å². The Kier molecular flexibility index (Phi) is 4.87. The summed E-state index contributed by atoms with van der Waals surface area (Å²) >= 11 is 1.47. The number of amides is 1. The molecule has 3 aromatic rings. The quantitative estimate of drug-likeness (QED) is 0.661. The third kappa shape index (κ3) is 3.30. The van der Waals surface area contributed by atoms with Crippen LogP contribution in [0.5, 0.6) is 0 Å². The molecular weight excluding hydrogens is 356 g/mol. The lowest BCUT2D eigenvalue weighted by atomic mass is 10.1. The summed E-state index contributed by atoms with van der Waals surface area (Å²) < 4.78 is 11.7. The average Bonchev–Trinajstić information content (AvgIpc) is 3.35. The molecule has 0 saturated carbocycles. The molecule has 1 aromatic carbocycles. The molecule has 0 N–H and O–H groups in total. The number of morpholine rings is 1. The third-order valence-corrected chi connectivity index (χ3v) is 5.07. The highest BCUT2D eigenvalue weighted by molar-refractivity contribution is 7.17. The van der Waals surface area contributed by atoms with E-state index in [9.17, 15) is 4.79 Å². The molecule has 3 heterocycles. The first-order valence-electron chi connectivity index (χ1n) is 8.26. The van der Waals surface area contributed by atoms with Crippen molar-refractivity contribution in [2.24, 2.45) is 0 Å². The molecule has 1 amide bonds. The molecular formula is C16H18N6O3S. The zero-order chi connectivity index (χ0) is 17.9. The second kappa shape index (κ2) is 7.44. The van der Waals surface area contributed by atoms with E-state index in [1.807, 2.05) is 18.2 Å². The number of hydrogen-bond donors (Lipinski definition) is 0. The summed E-state index contributed by atoms with van der Waals surface area (Å²) in [6, 6.07) is 5.61. The number of thiazole rings is 1. The highest BCUT2D eigenvalue weighted by atomic mass is 32.1. The number of carbonyl (C=O) groups is 1. The first kappa shape index (κ1) is 17.0. The Labute approximate surface area is 153 Å². The molecule has 2 aromatic heterocycles. The Morgan fingerprint density at radius 2 is 2.38 bits per heavy atom. The fourth-order valence-electron chi connectivity index (χ4n) is 2.87. The predicted molar refractivity (Wildman–Crippen MR) is 93.9 cm³/mol. The molecule has 10 heteroatoms. The first-order valence-corrected chi connectivity index (χ1v) is 9.14. The summed E-state index contributed by atoms with van der Waals surface area (Å²) in [6.45, 7) is 2.38. The van der Waals surface area contributed by atoms with Crippen LogP contribution in [0.3, 0.4) is 0 Å². The normalized spacial score (nSPS) is 17.7. The van der Waals surface area contributed by atoms with Gasteiger partial charge >= 0.3 is 0 Å². The SMILES string of the molecule is COCCn1nnc(C2CN(C(=O)c3cccc4ncsc34)CCO2)n1. The lowest BCUT2D eigenvalue weighted by Gasteiger charge is -2.31. The van der Waals surface area contributed by atoms with Crippen LogP contribution < -0.4 is 0 Å². The molecule has 1 unspecified atom stereocenters. The molecule has 1 saturated heterocycles. The van der Waals surface area contributed by atoms with Gasteiger partial charge in [-0.05, 0) is 17.3 Å². The van der Waals surface area contributed by atoms with Crippen LogP contribution in [0.25, 0.3) is 10.2 Å². The molecule has 0 bridgehead atoms. The van der Waals surface area contributed by atoms with Gasteiger partial charge in [-0.15, -0.1) is 21.5 Å². The van der Waals surface area contributed by atoms with Gasteiger partial charge in [0.1, 0.15) is 6.10 Å². The molecule has 1 atom stereocenters. The van der Waals surface area contributed by atoms with Crippen LogP contribution in [-0.4, -0.2) is 69.4 Å². The average molecular weight is 374 g/mol. The summed E-state index contributed by atoms with van der Waals surface area (Å²) in [4.78, 5) is 20.5. The summed E-state index contributed by atoms with van der Waals surface area (Å²) in [5.74, 6) is 0.453. The number of fused-ring (bicyclic) bond motifs is 1. The monoisotopic (exact) mass is 374 g/mol. The van der Waals surface area contributed by atoms with Crippen molar-refractivity contribution in [3.63, 3.8) is 0 Å². The molecule has 1 aliphatic rings. The highest BCUT2D eigenvalue weighted by Crippen LogP contribution is 2.26. The van der Waals surface area contributed by atoms with Gasteiger partial charge in [-0.25, -0.2) is 4.98 Å². The second-order valence-electron chi connectivity index (χ2n) is 5.85. The number of ether oxygens (including phenoxy) is 2. The molecule has 1 fully saturated rings. The Bertz CT molecular complexity index is 910. The first-order chi connectivity index (χ1) is 12.8. The number of methoxy groups -OCH3 is 1. The standard InChI is InChI=1S/C16H18N6O3S/c1-24-7-6-22-19-15(18-20-22)13-9-21(5-8-25-13)16(23)11-3-2-4-12-14(11)26-10-17-12/h2-4,10,13H,5-9H2,1H3. The van der Waals surface area contributed by atoms with Crippen LogP contribution in [0.1, 0.15) is 22.3 Å². The van der Waals surface area contributed by atoms with E-state index in [1.54, 1.807) is 17.5 Å². The van der Waals surface area contributed by atoms with Crippen molar-refractivity contribution in [2.75, 3.05) is 33.4 Å². The van der Waals surface area contributed by atoms with E-state index in [2.05, 4.69) is 20.4 Å². The van der Waals surface area contributed by atoms with Gasteiger partial charge in [0.15, 0.2) is 0 Å². The van der Waals surface area contributed by atoms with Gasteiger partial charge in [0.2, 0.25) is 5.82 Å². The van der Waals surface area contributed by atoms with Gasteiger partial charge in [-0.1, -0.05) is 6.07 Å². The predicted octanol–water partition coefficient (Wildman–Crippen LogP) is 1.14. The van der Waals surface area contributed by atoms with E-state index < -0.39 is 0 Å². The van der Waals surface area contributed by atoms with Crippen molar-refractivity contribution >= 4 is 27.5 Å². The zero-order valence-electron chi connectivity index (χ0n) is 14.2. The van der Waals surface area contributed by atoms with Crippen LogP contribution in [0.2, 0.25) is 0 Å². The van der Waals surface area contributed by atoms with Gasteiger partial charge in [-0.3, -0.25) is 4.79 Å². The number of nitrogens with zero attached hydrogens (tertiary/aromatic N) is 6. The topological polar surface area (TPSA) is 95.3 Å². The van der Waals surface area contributed by atoms with Crippen molar-refractivity contribution in [1.29, 1.82) is 0 Å². The lowest BCUT2D eigenvalue weighted by molar-refractivity contribution is -0.0269. The fraction of sp³-hybridized carbons (Fsp3) is 0.438. The maximum Gasteiger partial charge on any atom is 0.255 e. The van der Waals surface area contributed by atoms with Gasteiger partial charge in [0.05, 0.1) is 47.6 Å². The molecule has 0 spiro atoms. The molecule has 0 radical (unpaired) electrons. The van der Waals surface area contributed by atoms with E-state index in [-0.39, 0.29) is 12.0 Å². The number of tetrazole rings is 1. The van der Waals surface area contributed by atoms with E-state index in [0.29, 0.717) is 44.2 Å². The van der Waals surface area contributed by atoms with Gasteiger partial charge in [0.25, 0.3) is 5.91 Å². The van der Waals surface area contributed by atoms with Crippen LogP contribution in [-0.2, 0) is 16.0 Å². The Morgan fingerprint density at radius 1 is 1.46 bits per heavy atom. The smallest absolute Gasteiger partial charge is 0.255 e. The number of rotatable bonds is 5. The molecule has 0 aliphatic carbocycles. The Hall–Kier alpha value is -2.43. The molecule has 26 heavy (non-hydrogen) atoms. The Balaban J connectivity index is 1.50. The Morgan fingerprint density at radius 3 is 3.27 bits per heavy atom. The minimum Gasteiger partial charge on any atom is -0.383 e. The summed E-state index contributed by atoms with van der Waals surface area (Å²) in [5.41, 5.74) is 3.27. The molecule has 1 aliphatic heterocycles. The third-order valence-electron chi connectivity index (χ3n) is 4.19. The number of aromatic nitrogens is 5. The largest absolute Gasteiger partial charge is 0.383 e. The molecule has 9 nitrogen and oxygen atoms in total.